The quantitative estimate of drug-likeness (QED) is 0.730. The zero-order chi connectivity index (χ0) is 16.1. The van der Waals surface area contributed by atoms with Crippen LogP contribution < -0.4 is 10.2 Å². The highest BCUT2D eigenvalue weighted by molar-refractivity contribution is 7.28. The number of likely N-dealkylation sites (N-methyl/N-ethyl adjacent to an activating group) is 2. The minimum Gasteiger partial charge on any atom is -0.383 e. The minimum absolute atomic E-state index is 0.118. The molecule has 0 aromatic heterocycles. The van der Waals surface area contributed by atoms with Crippen LogP contribution in [0, 0.1) is 5.82 Å². The lowest BCUT2D eigenvalue weighted by Gasteiger charge is -2.35. The van der Waals surface area contributed by atoms with Gasteiger partial charge in [0, 0.05) is 46.4 Å². The van der Waals surface area contributed by atoms with E-state index in [1.54, 1.807) is 13.2 Å². The number of methoxy groups -OCH3 is 1. The van der Waals surface area contributed by atoms with Crippen LogP contribution >= 0.6 is 9.24 Å². The highest BCUT2D eigenvalue weighted by atomic mass is 31.0. The van der Waals surface area contributed by atoms with Gasteiger partial charge in [-0.25, -0.2) is 4.39 Å². The molecule has 0 aliphatic carbocycles. The maximum atomic E-state index is 14.6. The Labute approximate surface area is 135 Å². The van der Waals surface area contributed by atoms with Gasteiger partial charge in [-0.3, -0.25) is 4.90 Å². The standard InChI is InChI=1S/C16H27FN3OP/c1-18-4-6-20(7-5-18)16-14(17)10-13(11-15(16)22)12-19(2)8-9-21-3/h10-11H,4-9,12,22H2,1-3H3. The van der Waals surface area contributed by atoms with Gasteiger partial charge in [-0.2, -0.15) is 0 Å². The smallest absolute Gasteiger partial charge is 0.147 e. The Kier molecular flexibility index (Phi) is 6.57. The molecule has 1 aromatic carbocycles. The average Bonchev–Trinajstić information content (AvgIpc) is 2.46. The zero-order valence-corrected chi connectivity index (χ0v) is 15.0. The molecule has 2 rings (SSSR count). The second kappa shape index (κ2) is 8.21. The highest BCUT2D eigenvalue weighted by Crippen LogP contribution is 2.22. The molecule has 1 fully saturated rings. The molecule has 1 saturated heterocycles. The Bertz CT molecular complexity index is 469. The summed E-state index contributed by atoms with van der Waals surface area (Å²) in [6, 6.07) is 3.75. The molecule has 1 unspecified atom stereocenters. The van der Waals surface area contributed by atoms with Crippen molar-refractivity contribution in [3.05, 3.63) is 23.5 Å². The molecule has 4 nitrogen and oxygen atoms in total. The normalized spacial score (nSPS) is 16.5. The molecule has 1 aliphatic rings. The number of benzene rings is 1. The number of ether oxygens (including phenoxy) is 1. The summed E-state index contributed by atoms with van der Waals surface area (Å²) in [6.45, 7) is 5.96. The summed E-state index contributed by atoms with van der Waals surface area (Å²) in [6.07, 6.45) is 0. The molecular formula is C16H27FN3OP. The maximum Gasteiger partial charge on any atom is 0.147 e. The lowest BCUT2D eigenvalue weighted by atomic mass is 10.1. The van der Waals surface area contributed by atoms with Crippen molar-refractivity contribution in [1.82, 2.24) is 9.80 Å². The molecule has 1 heterocycles. The van der Waals surface area contributed by atoms with Gasteiger partial charge in [0.05, 0.1) is 12.3 Å². The molecule has 1 atom stereocenters. The van der Waals surface area contributed by atoms with Gasteiger partial charge in [0.15, 0.2) is 0 Å². The van der Waals surface area contributed by atoms with Gasteiger partial charge in [-0.1, -0.05) is 0 Å². The molecule has 0 saturated carbocycles. The molecule has 0 N–H and O–H groups in total. The van der Waals surface area contributed by atoms with Crippen LogP contribution in [-0.4, -0.2) is 70.3 Å². The van der Waals surface area contributed by atoms with E-state index in [1.807, 2.05) is 7.05 Å². The van der Waals surface area contributed by atoms with E-state index in [-0.39, 0.29) is 5.82 Å². The SMILES string of the molecule is COCCN(C)Cc1cc(F)c(N2CCN(C)CC2)c(P)c1. The van der Waals surface area contributed by atoms with Crippen molar-refractivity contribution in [1.29, 1.82) is 0 Å². The van der Waals surface area contributed by atoms with Gasteiger partial charge in [0.2, 0.25) is 0 Å². The molecule has 1 aliphatic heterocycles. The molecule has 0 radical (unpaired) electrons. The number of hydrogen-bond donors (Lipinski definition) is 0. The number of piperazine rings is 1. The summed E-state index contributed by atoms with van der Waals surface area (Å²) in [7, 11) is 8.52. The molecule has 22 heavy (non-hydrogen) atoms. The van der Waals surface area contributed by atoms with Crippen LogP contribution in [0.5, 0.6) is 0 Å². The van der Waals surface area contributed by atoms with Crippen LogP contribution in [0.15, 0.2) is 12.1 Å². The van der Waals surface area contributed by atoms with Crippen molar-refractivity contribution < 1.29 is 9.13 Å². The van der Waals surface area contributed by atoms with Gasteiger partial charge >= 0.3 is 0 Å². The van der Waals surface area contributed by atoms with Gasteiger partial charge in [0.25, 0.3) is 0 Å². The number of nitrogens with zero attached hydrogens (tertiary/aromatic N) is 3. The van der Waals surface area contributed by atoms with E-state index in [0.29, 0.717) is 6.61 Å². The number of rotatable bonds is 6. The summed E-state index contributed by atoms with van der Waals surface area (Å²) in [4.78, 5) is 6.56. The van der Waals surface area contributed by atoms with Crippen molar-refractivity contribution in [2.24, 2.45) is 0 Å². The third-order valence-corrected chi connectivity index (χ3v) is 4.54. The summed E-state index contributed by atoms with van der Waals surface area (Å²) < 4.78 is 19.7. The van der Waals surface area contributed by atoms with E-state index in [0.717, 1.165) is 55.8 Å². The van der Waals surface area contributed by atoms with Crippen molar-refractivity contribution in [2.45, 2.75) is 6.54 Å². The largest absolute Gasteiger partial charge is 0.383 e. The van der Waals surface area contributed by atoms with Gasteiger partial charge in [-0.05, 0) is 37.1 Å². The fourth-order valence-corrected chi connectivity index (χ4v) is 3.31. The Morgan fingerprint density at radius 2 is 1.95 bits per heavy atom. The summed E-state index contributed by atoms with van der Waals surface area (Å²) in [5, 5.41) is 0.944. The second-order valence-electron chi connectivity index (χ2n) is 6.04. The van der Waals surface area contributed by atoms with Crippen LogP contribution in [0.1, 0.15) is 5.56 Å². The minimum atomic E-state index is -0.118. The summed E-state index contributed by atoms with van der Waals surface area (Å²) in [5.41, 5.74) is 1.74. The Hall–Kier alpha value is -0.740. The molecule has 0 bridgehead atoms. The van der Waals surface area contributed by atoms with Gasteiger partial charge in [0.1, 0.15) is 5.82 Å². The van der Waals surface area contributed by atoms with Crippen molar-refractivity contribution >= 4 is 20.2 Å². The van der Waals surface area contributed by atoms with E-state index < -0.39 is 0 Å². The number of anilines is 1. The first-order chi connectivity index (χ1) is 10.5. The number of hydrogen-bond acceptors (Lipinski definition) is 4. The van der Waals surface area contributed by atoms with Gasteiger partial charge < -0.3 is 14.5 Å². The second-order valence-corrected chi connectivity index (χ2v) is 6.66. The van der Waals surface area contributed by atoms with E-state index in [9.17, 15) is 4.39 Å². The fourth-order valence-electron chi connectivity index (χ4n) is 2.77. The molecule has 0 amide bonds. The van der Waals surface area contributed by atoms with Gasteiger partial charge in [-0.15, -0.1) is 9.24 Å². The lowest BCUT2D eigenvalue weighted by Crippen LogP contribution is -2.46. The highest BCUT2D eigenvalue weighted by Gasteiger charge is 2.20. The fraction of sp³-hybridized carbons (Fsp3) is 0.625. The third-order valence-electron chi connectivity index (χ3n) is 4.10. The lowest BCUT2D eigenvalue weighted by molar-refractivity contribution is 0.158. The first-order valence-corrected chi connectivity index (χ1v) is 8.28. The maximum absolute atomic E-state index is 14.6. The van der Waals surface area contributed by atoms with Crippen LogP contribution in [0.3, 0.4) is 0 Å². The summed E-state index contributed by atoms with van der Waals surface area (Å²) >= 11 is 0. The Morgan fingerprint density at radius 3 is 2.55 bits per heavy atom. The average molecular weight is 327 g/mol. The Balaban J connectivity index is 2.08. The third kappa shape index (κ3) is 4.63. The Morgan fingerprint density at radius 1 is 1.27 bits per heavy atom. The zero-order valence-electron chi connectivity index (χ0n) is 13.8. The molecule has 1 aromatic rings. The number of halogens is 1. The van der Waals surface area contributed by atoms with Crippen molar-refractivity contribution in [2.75, 3.05) is 65.4 Å². The van der Waals surface area contributed by atoms with Crippen LogP contribution in [0.25, 0.3) is 0 Å². The van der Waals surface area contributed by atoms with Crippen LogP contribution in [0.4, 0.5) is 10.1 Å². The van der Waals surface area contributed by atoms with E-state index >= 15 is 0 Å². The molecule has 0 spiro atoms. The van der Waals surface area contributed by atoms with Crippen molar-refractivity contribution in [3.63, 3.8) is 0 Å². The van der Waals surface area contributed by atoms with Crippen molar-refractivity contribution in [3.8, 4) is 0 Å². The first-order valence-electron chi connectivity index (χ1n) is 7.70. The first kappa shape index (κ1) is 17.6. The van der Waals surface area contributed by atoms with Crippen LogP contribution in [-0.2, 0) is 11.3 Å². The van der Waals surface area contributed by atoms with E-state index in [2.05, 4.69) is 37.1 Å². The van der Waals surface area contributed by atoms with E-state index in [4.69, 9.17) is 4.74 Å². The topological polar surface area (TPSA) is 19.0 Å². The molecule has 124 valence electrons. The van der Waals surface area contributed by atoms with Crippen LogP contribution in [0.2, 0.25) is 0 Å². The summed E-state index contributed by atoms with van der Waals surface area (Å²) in [5.74, 6) is -0.118. The van der Waals surface area contributed by atoms with E-state index in [1.165, 1.54) is 0 Å². The monoisotopic (exact) mass is 327 g/mol. The molecular weight excluding hydrogens is 300 g/mol. The predicted octanol–water partition coefficient (Wildman–Crippen LogP) is 1.16. The molecule has 6 heteroatoms. The predicted molar refractivity (Wildman–Crippen MR) is 93.7 cm³/mol.